The largest absolute Gasteiger partial charge is 0.417 e. The molecule has 1 unspecified atom stereocenters. The number of carbonyl (C=O) groups is 1. The lowest BCUT2D eigenvalue weighted by atomic mass is 9.76. The van der Waals surface area contributed by atoms with Gasteiger partial charge in [0.05, 0.1) is 23.5 Å². The van der Waals surface area contributed by atoms with Crippen LogP contribution in [0.2, 0.25) is 0 Å². The number of hydrogen-bond acceptors (Lipinski definition) is 5. The van der Waals surface area contributed by atoms with Crippen LogP contribution in [0.25, 0.3) is 0 Å². The number of nitriles is 1. The molecule has 2 aliphatic rings. The van der Waals surface area contributed by atoms with Gasteiger partial charge in [0.15, 0.2) is 0 Å². The van der Waals surface area contributed by atoms with Gasteiger partial charge in [-0.1, -0.05) is 0 Å². The average molecular weight is 430 g/mol. The van der Waals surface area contributed by atoms with Gasteiger partial charge in [0.2, 0.25) is 15.9 Å². The van der Waals surface area contributed by atoms with Crippen LogP contribution in [0.5, 0.6) is 0 Å². The Morgan fingerprint density at radius 2 is 1.93 bits per heavy atom. The van der Waals surface area contributed by atoms with Gasteiger partial charge in [-0.3, -0.25) is 4.79 Å². The molecule has 2 N–H and O–H groups in total. The Kier molecular flexibility index (Phi) is 5.29. The molecule has 1 aromatic rings. The fourth-order valence-corrected chi connectivity index (χ4v) is 5.42. The predicted octanol–water partition coefficient (Wildman–Crippen LogP) is 1.68. The molecule has 3 rings (SSSR count). The van der Waals surface area contributed by atoms with E-state index in [-0.39, 0.29) is 6.54 Å². The minimum atomic E-state index is -4.63. The number of amides is 1. The van der Waals surface area contributed by atoms with E-state index < -0.39 is 44.7 Å². The number of sulfonamides is 1. The highest BCUT2D eigenvalue weighted by Gasteiger charge is 2.50. The minimum Gasteiger partial charge on any atom is -0.371 e. The van der Waals surface area contributed by atoms with E-state index in [1.165, 1.54) is 6.07 Å². The SMILES string of the molecule is CS(=O)(=O)N1CC2(CCN(c3ccc(C#N)c(C(F)(F)F)c3)CC2)CC1C(N)=O. The number of halogens is 3. The zero-order valence-electron chi connectivity index (χ0n) is 15.7. The van der Waals surface area contributed by atoms with Crippen LogP contribution in [0.4, 0.5) is 18.9 Å². The second-order valence-electron chi connectivity index (χ2n) is 7.76. The highest BCUT2D eigenvalue weighted by atomic mass is 32.2. The molecule has 0 aromatic heterocycles. The van der Waals surface area contributed by atoms with Crippen molar-refractivity contribution in [2.24, 2.45) is 11.1 Å². The lowest BCUT2D eigenvalue weighted by molar-refractivity contribution is -0.137. The van der Waals surface area contributed by atoms with Crippen LogP contribution in [-0.4, -0.2) is 50.6 Å². The molecule has 1 atom stereocenters. The van der Waals surface area contributed by atoms with E-state index >= 15 is 0 Å². The van der Waals surface area contributed by atoms with Crippen molar-refractivity contribution in [1.29, 1.82) is 5.26 Å². The molecule has 0 aliphatic carbocycles. The molecule has 2 aliphatic heterocycles. The summed E-state index contributed by atoms with van der Waals surface area (Å²) in [7, 11) is -3.60. The number of anilines is 1. The smallest absolute Gasteiger partial charge is 0.371 e. The lowest BCUT2D eigenvalue weighted by Gasteiger charge is -2.40. The lowest BCUT2D eigenvalue weighted by Crippen LogP contribution is -2.43. The topological polar surface area (TPSA) is 108 Å². The molecule has 0 saturated carbocycles. The van der Waals surface area contributed by atoms with Crippen LogP contribution in [0.1, 0.15) is 30.4 Å². The van der Waals surface area contributed by atoms with Crippen molar-refractivity contribution in [2.75, 3.05) is 30.8 Å². The Hall–Kier alpha value is -2.32. The zero-order chi connectivity index (χ0) is 21.6. The van der Waals surface area contributed by atoms with E-state index in [1.54, 1.807) is 11.0 Å². The van der Waals surface area contributed by atoms with Gasteiger partial charge in [0.25, 0.3) is 0 Å². The minimum absolute atomic E-state index is 0.175. The average Bonchev–Trinajstić information content (AvgIpc) is 3.01. The fraction of sp³-hybridized carbons (Fsp3) is 0.556. The van der Waals surface area contributed by atoms with Gasteiger partial charge in [0, 0.05) is 25.3 Å². The Morgan fingerprint density at radius 1 is 1.31 bits per heavy atom. The number of alkyl halides is 3. The van der Waals surface area contributed by atoms with E-state index in [0.717, 1.165) is 22.7 Å². The van der Waals surface area contributed by atoms with Gasteiger partial charge in [-0.25, -0.2) is 8.42 Å². The van der Waals surface area contributed by atoms with Gasteiger partial charge in [-0.2, -0.15) is 22.7 Å². The normalized spacial score (nSPS) is 22.6. The first-order valence-corrected chi connectivity index (χ1v) is 10.8. The Labute approximate surface area is 166 Å². The van der Waals surface area contributed by atoms with Crippen molar-refractivity contribution >= 4 is 21.6 Å². The Morgan fingerprint density at radius 3 is 2.38 bits per heavy atom. The second-order valence-corrected chi connectivity index (χ2v) is 9.69. The molecule has 0 radical (unpaired) electrons. The summed E-state index contributed by atoms with van der Waals surface area (Å²) in [6.45, 7) is 0.993. The van der Waals surface area contributed by atoms with Crippen LogP contribution in [0.3, 0.4) is 0 Å². The first kappa shape index (κ1) is 21.4. The van der Waals surface area contributed by atoms with Crippen molar-refractivity contribution < 1.29 is 26.4 Å². The van der Waals surface area contributed by atoms with Crippen molar-refractivity contribution in [2.45, 2.75) is 31.5 Å². The molecule has 158 valence electrons. The Balaban J connectivity index is 1.79. The molecule has 1 aromatic carbocycles. The number of piperidine rings is 1. The maximum atomic E-state index is 13.2. The van der Waals surface area contributed by atoms with Crippen LogP contribution < -0.4 is 10.6 Å². The molecule has 2 heterocycles. The number of benzene rings is 1. The highest BCUT2D eigenvalue weighted by molar-refractivity contribution is 7.88. The van der Waals surface area contributed by atoms with Gasteiger partial charge in [0.1, 0.15) is 6.04 Å². The number of hydrogen-bond donors (Lipinski definition) is 1. The van der Waals surface area contributed by atoms with Crippen molar-refractivity contribution in [3.8, 4) is 6.07 Å². The molecule has 1 amide bonds. The molecular formula is C18H21F3N4O3S. The molecule has 1 spiro atoms. The molecule has 7 nitrogen and oxygen atoms in total. The molecule has 11 heteroatoms. The molecular weight excluding hydrogens is 409 g/mol. The monoisotopic (exact) mass is 430 g/mol. The standard InChI is InChI=1S/C18H21F3N4O3S/c1-29(27,28)25-11-17(9-15(25)16(23)26)4-6-24(7-5-17)13-3-2-12(10-22)14(8-13)18(19,20)21/h2-3,8,15H,4-7,9,11H2,1H3,(H2,23,26). The van der Waals surface area contributed by atoms with Gasteiger partial charge >= 0.3 is 6.18 Å². The van der Waals surface area contributed by atoms with Gasteiger partial charge < -0.3 is 10.6 Å². The summed E-state index contributed by atoms with van der Waals surface area (Å²) >= 11 is 0. The van der Waals surface area contributed by atoms with E-state index in [0.29, 0.717) is 38.0 Å². The summed E-state index contributed by atoms with van der Waals surface area (Å²) in [6, 6.07) is 4.28. The molecule has 0 bridgehead atoms. The summed E-state index contributed by atoms with van der Waals surface area (Å²) in [5, 5.41) is 8.93. The fourth-order valence-electron chi connectivity index (χ4n) is 4.27. The van der Waals surface area contributed by atoms with Crippen LogP contribution in [-0.2, 0) is 21.0 Å². The number of nitrogens with two attached hydrogens (primary N) is 1. The summed E-state index contributed by atoms with van der Waals surface area (Å²) in [5.74, 6) is -0.698. The van der Waals surface area contributed by atoms with Crippen molar-refractivity contribution in [3.63, 3.8) is 0 Å². The Bertz CT molecular complexity index is 964. The van der Waals surface area contributed by atoms with Crippen molar-refractivity contribution in [3.05, 3.63) is 29.3 Å². The summed E-state index contributed by atoms with van der Waals surface area (Å²) in [6.07, 6.45) is -2.25. The van der Waals surface area contributed by atoms with E-state index in [1.807, 2.05) is 0 Å². The van der Waals surface area contributed by atoms with Crippen LogP contribution >= 0.6 is 0 Å². The third-order valence-corrected chi connectivity index (χ3v) is 7.07. The third-order valence-electron chi connectivity index (χ3n) is 5.84. The first-order valence-electron chi connectivity index (χ1n) is 8.99. The van der Waals surface area contributed by atoms with E-state index in [4.69, 9.17) is 11.0 Å². The number of nitrogens with zero attached hydrogens (tertiary/aromatic N) is 3. The second kappa shape index (κ2) is 7.18. The zero-order valence-corrected chi connectivity index (χ0v) is 16.6. The third kappa shape index (κ3) is 4.18. The number of carbonyl (C=O) groups excluding carboxylic acids is 1. The van der Waals surface area contributed by atoms with Crippen molar-refractivity contribution in [1.82, 2.24) is 4.31 Å². The molecule has 2 saturated heterocycles. The highest BCUT2D eigenvalue weighted by Crippen LogP contribution is 2.45. The van der Waals surface area contributed by atoms with Gasteiger partial charge in [-0.05, 0) is 42.9 Å². The quantitative estimate of drug-likeness (QED) is 0.785. The summed E-state index contributed by atoms with van der Waals surface area (Å²) < 4.78 is 64.8. The van der Waals surface area contributed by atoms with Crippen LogP contribution in [0, 0.1) is 16.7 Å². The number of primary amides is 1. The molecule has 2 fully saturated rings. The predicted molar refractivity (Wildman–Crippen MR) is 99.2 cm³/mol. The first-order chi connectivity index (χ1) is 13.4. The van der Waals surface area contributed by atoms with E-state index in [9.17, 15) is 26.4 Å². The number of rotatable bonds is 3. The molecule has 29 heavy (non-hydrogen) atoms. The summed E-state index contributed by atoms with van der Waals surface area (Å²) in [5.41, 5.74) is 3.91. The van der Waals surface area contributed by atoms with Gasteiger partial charge in [-0.15, -0.1) is 0 Å². The van der Waals surface area contributed by atoms with E-state index in [2.05, 4.69) is 0 Å². The maximum absolute atomic E-state index is 13.2. The summed E-state index contributed by atoms with van der Waals surface area (Å²) in [4.78, 5) is 13.5. The maximum Gasteiger partial charge on any atom is 0.417 e. The van der Waals surface area contributed by atoms with Crippen LogP contribution in [0.15, 0.2) is 18.2 Å².